The summed E-state index contributed by atoms with van der Waals surface area (Å²) in [5.41, 5.74) is 9.85. The summed E-state index contributed by atoms with van der Waals surface area (Å²) in [6.45, 7) is 0.770. The van der Waals surface area contributed by atoms with E-state index in [2.05, 4.69) is 5.32 Å². The molecule has 0 fully saturated rings. The van der Waals surface area contributed by atoms with Crippen LogP contribution in [0.3, 0.4) is 0 Å². The average Bonchev–Trinajstić information content (AvgIpc) is 3.20. The minimum Gasteiger partial charge on any atom is -0.481 e. The first-order valence-electron chi connectivity index (χ1n) is 11.6. The molecule has 4 aromatic rings. The van der Waals surface area contributed by atoms with Gasteiger partial charge in [-0.05, 0) is 61.0 Å². The van der Waals surface area contributed by atoms with Gasteiger partial charge in [0.15, 0.2) is 0 Å². The van der Waals surface area contributed by atoms with Crippen LogP contribution in [-0.4, -0.2) is 38.9 Å². The van der Waals surface area contributed by atoms with Crippen molar-refractivity contribution in [3.05, 3.63) is 89.7 Å². The molecule has 0 unspecified atom stereocenters. The summed E-state index contributed by atoms with van der Waals surface area (Å²) < 4.78 is 1.97. The van der Waals surface area contributed by atoms with Crippen molar-refractivity contribution >= 4 is 52.5 Å². The number of nitrogens with one attached hydrogen (secondary N) is 2. The molecule has 4 rings (SSSR count). The van der Waals surface area contributed by atoms with Gasteiger partial charge in [-0.15, -0.1) is 12.4 Å². The highest BCUT2D eigenvalue weighted by molar-refractivity contribution is 6.07. The SMILES string of the molecule is Cl.Cn1c(CNc2ccc(C(=N)N)cc2)nc2cc(C(=O)N(CCCC(=O)O)c3ccccc3)ccc21. The predicted octanol–water partition coefficient (Wildman–Crippen LogP) is 4.40. The van der Waals surface area contributed by atoms with Gasteiger partial charge in [-0.1, -0.05) is 18.2 Å². The number of carboxylic acid groups (broad SMARTS) is 1. The summed E-state index contributed by atoms with van der Waals surface area (Å²) in [4.78, 5) is 30.8. The zero-order valence-corrected chi connectivity index (χ0v) is 21.2. The van der Waals surface area contributed by atoms with Gasteiger partial charge >= 0.3 is 5.97 Å². The number of aromatic nitrogens is 2. The van der Waals surface area contributed by atoms with Gasteiger partial charge in [0, 0.05) is 42.5 Å². The van der Waals surface area contributed by atoms with E-state index in [1.807, 2.05) is 60.1 Å². The van der Waals surface area contributed by atoms with Crippen LogP contribution in [0.1, 0.15) is 34.6 Å². The van der Waals surface area contributed by atoms with Gasteiger partial charge in [-0.2, -0.15) is 0 Å². The number of amidine groups is 1. The molecule has 0 aliphatic rings. The molecule has 0 spiro atoms. The van der Waals surface area contributed by atoms with Crippen LogP contribution in [0.5, 0.6) is 0 Å². The number of hydrogen-bond donors (Lipinski definition) is 4. The molecular weight excluding hydrogens is 492 g/mol. The second-order valence-electron chi connectivity index (χ2n) is 8.42. The highest BCUT2D eigenvalue weighted by Gasteiger charge is 2.19. The van der Waals surface area contributed by atoms with Crippen LogP contribution in [-0.2, 0) is 18.4 Å². The number of imidazole rings is 1. The van der Waals surface area contributed by atoms with Gasteiger partial charge in [0.25, 0.3) is 5.91 Å². The van der Waals surface area contributed by atoms with Crippen molar-refractivity contribution in [2.45, 2.75) is 19.4 Å². The van der Waals surface area contributed by atoms with Gasteiger partial charge in [-0.25, -0.2) is 4.98 Å². The fourth-order valence-electron chi connectivity index (χ4n) is 3.99. The lowest BCUT2D eigenvalue weighted by atomic mass is 10.1. The summed E-state index contributed by atoms with van der Waals surface area (Å²) >= 11 is 0. The topological polar surface area (TPSA) is 137 Å². The maximum absolute atomic E-state index is 13.5. The fourth-order valence-corrected chi connectivity index (χ4v) is 3.99. The van der Waals surface area contributed by atoms with Gasteiger partial charge in [0.05, 0.1) is 17.6 Å². The van der Waals surface area contributed by atoms with Gasteiger partial charge in [0.2, 0.25) is 0 Å². The molecule has 1 amide bonds. The Labute approximate surface area is 220 Å². The summed E-state index contributed by atoms with van der Waals surface area (Å²) in [6, 6.07) is 22.0. The van der Waals surface area contributed by atoms with Crippen LogP contribution in [0, 0.1) is 5.41 Å². The molecule has 1 heterocycles. The molecule has 0 radical (unpaired) electrons. The number of fused-ring (bicyclic) bond motifs is 1. The van der Waals surface area contributed by atoms with Crippen LogP contribution in [0.25, 0.3) is 11.0 Å². The van der Waals surface area contributed by atoms with E-state index in [-0.39, 0.29) is 30.6 Å². The van der Waals surface area contributed by atoms with Crippen molar-refractivity contribution in [2.75, 3.05) is 16.8 Å². The van der Waals surface area contributed by atoms with E-state index in [1.54, 1.807) is 29.2 Å². The van der Waals surface area contributed by atoms with Crippen LogP contribution in [0.4, 0.5) is 11.4 Å². The van der Waals surface area contributed by atoms with Gasteiger partial charge in [0.1, 0.15) is 11.7 Å². The van der Waals surface area contributed by atoms with Crippen molar-refractivity contribution in [1.82, 2.24) is 9.55 Å². The van der Waals surface area contributed by atoms with E-state index in [0.717, 1.165) is 22.7 Å². The average molecular weight is 521 g/mol. The number of anilines is 2. The Balaban J connectivity index is 0.00000380. The van der Waals surface area contributed by atoms with E-state index in [4.69, 9.17) is 21.2 Å². The maximum Gasteiger partial charge on any atom is 0.303 e. The Kier molecular flexibility index (Phi) is 8.86. The van der Waals surface area contributed by atoms with Gasteiger partial charge < -0.3 is 25.6 Å². The Bertz CT molecular complexity index is 1400. The number of carbonyl (C=O) groups is 2. The van der Waals surface area contributed by atoms with Crippen molar-refractivity contribution in [1.29, 1.82) is 5.41 Å². The number of nitrogens with zero attached hydrogens (tertiary/aromatic N) is 3. The first-order valence-corrected chi connectivity index (χ1v) is 11.6. The molecule has 0 aliphatic heterocycles. The number of halogens is 1. The van der Waals surface area contributed by atoms with Crippen LogP contribution < -0.4 is 16.0 Å². The Hall–Kier alpha value is -4.37. The van der Waals surface area contributed by atoms with Crippen molar-refractivity contribution < 1.29 is 14.7 Å². The van der Waals surface area contributed by atoms with E-state index in [1.165, 1.54) is 0 Å². The van der Waals surface area contributed by atoms with E-state index in [0.29, 0.717) is 36.2 Å². The monoisotopic (exact) mass is 520 g/mol. The number of carboxylic acids is 1. The van der Waals surface area contributed by atoms with Crippen LogP contribution in [0.15, 0.2) is 72.8 Å². The molecule has 0 aliphatic carbocycles. The zero-order chi connectivity index (χ0) is 25.7. The van der Waals surface area contributed by atoms with Crippen LogP contribution >= 0.6 is 12.4 Å². The summed E-state index contributed by atoms with van der Waals surface area (Å²) in [6.07, 6.45) is 0.342. The van der Waals surface area contributed by atoms with E-state index < -0.39 is 5.97 Å². The number of benzene rings is 3. The number of para-hydroxylation sites is 1. The molecule has 9 nitrogen and oxygen atoms in total. The molecule has 0 bridgehead atoms. The molecule has 1 aromatic heterocycles. The third-order valence-electron chi connectivity index (χ3n) is 5.95. The van der Waals surface area contributed by atoms with E-state index >= 15 is 0 Å². The van der Waals surface area contributed by atoms with Crippen LogP contribution in [0.2, 0.25) is 0 Å². The minimum atomic E-state index is -0.888. The lowest BCUT2D eigenvalue weighted by molar-refractivity contribution is -0.137. The maximum atomic E-state index is 13.5. The lowest BCUT2D eigenvalue weighted by Crippen LogP contribution is -2.32. The number of nitrogens with two attached hydrogens (primary N) is 1. The third-order valence-corrected chi connectivity index (χ3v) is 5.95. The smallest absolute Gasteiger partial charge is 0.303 e. The number of aliphatic carboxylic acids is 1. The molecule has 5 N–H and O–H groups in total. The standard InChI is InChI=1S/C27H28N6O3.ClH/c1-32-23-14-11-19(27(36)33(15-5-8-25(34)35)21-6-3-2-4-7-21)16-22(23)31-24(32)17-30-20-12-9-18(10-13-20)26(28)29;/h2-4,6-7,9-14,16,30H,5,8,15,17H2,1H3,(H3,28,29)(H,34,35);1H. The Morgan fingerprint density at radius 1 is 1.05 bits per heavy atom. The normalized spacial score (nSPS) is 10.5. The summed E-state index contributed by atoms with van der Waals surface area (Å²) in [5.74, 6) is -0.271. The number of amides is 1. The van der Waals surface area contributed by atoms with Crippen molar-refractivity contribution in [3.63, 3.8) is 0 Å². The second-order valence-corrected chi connectivity index (χ2v) is 8.42. The minimum absolute atomic E-state index is 0. The highest BCUT2D eigenvalue weighted by Crippen LogP contribution is 2.22. The van der Waals surface area contributed by atoms with Crippen molar-refractivity contribution in [3.8, 4) is 0 Å². The third kappa shape index (κ3) is 6.45. The van der Waals surface area contributed by atoms with Crippen molar-refractivity contribution in [2.24, 2.45) is 12.8 Å². The summed E-state index contributed by atoms with van der Waals surface area (Å²) in [7, 11) is 1.93. The second kappa shape index (κ2) is 12.0. The first kappa shape index (κ1) is 27.2. The number of carbonyl (C=O) groups excluding carboxylic acids is 1. The quantitative estimate of drug-likeness (QED) is 0.180. The number of aryl methyl sites for hydroxylation is 1. The molecule has 0 atom stereocenters. The number of hydrogen-bond acceptors (Lipinski definition) is 5. The molecule has 3 aromatic carbocycles. The number of rotatable bonds is 10. The highest BCUT2D eigenvalue weighted by atomic mass is 35.5. The Morgan fingerprint density at radius 2 is 1.73 bits per heavy atom. The molecule has 10 heteroatoms. The zero-order valence-electron chi connectivity index (χ0n) is 20.3. The summed E-state index contributed by atoms with van der Waals surface area (Å²) in [5, 5.41) is 19.8. The molecular formula is C27H29ClN6O3. The lowest BCUT2D eigenvalue weighted by Gasteiger charge is -2.22. The molecule has 192 valence electrons. The number of nitrogen functional groups attached to an aromatic ring is 1. The molecule has 0 saturated heterocycles. The predicted molar refractivity (Wildman–Crippen MR) is 148 cm³/mol. The van der Waals surface area contributed by atoms with Gasteiger partial charge in [-0.3, -0.25) is 15.0 Å². The molecule has 37 heavy (non-hydrogen) atoms. The van der Waals surface area contributed by atoms with E-state index in [9.17, 15) is 9.59 Å². The Morgan fingerprint density at radius 3 is 2.38 bits per heavy atom. The first-order chi connectivity index (χ1) is 17.3. The molecule has 0 saturated carbocycles. The fraction of sp³-hybridized carbons (Fsp3) is 0.185. The largest absolute Gasteiger partial charge is 0.481 e.